The minimum absolute atomic E-state index is 0.0179. The summed E-state index contributed by atoms with van der Waals surface area (Å²) in [5, 5.41) is 3.37. The molecule has 1 N–H and O–H groups in total. The van der Waals surface area contributed by atoms with Gasteiger partial charge < -0.3 is 29.2 Å². The van der Waals surface area contributed by atoms with Crippen LogP contribution in [0.3, 0.4) is 0 Å². The number of carbonyl (C=O) groups is 1. The van der Waals surface area contributed by atoms with Crippen molar-refractivity contribution in [2.75, 3.05) is 28.3 Å². The molecule has 2 atom stereocenters. The molecule has 0 aromatic heterocycles. The Hall–Kier alpha value is -3.84. The van der Waals surface area contributed by atoms with Gasteiger partial charge in [-0.15, -0.1) is 0 Å². The summed E-state index contributed by atoms with van der Waals surface area (Å²) >= 11 is 6.58. The van der Waals surface area contributed by atoms with Gasteiger partial charge in [-0.1, -0.05) is 42.8 Å². The lowest BCUT2D eigenvalue weighted by molar-refractivity contribution is 0.0950. The van der Waals surface area contributed by atoms with Gasteiger partial charge in [-0.3, -0.25) is 4.79 Å². The van der Waals surface area contributed by atoms with Gasteiger partial charge in [0.05, 0.1) is 30.8 Å². The van der Waals surface area contributed by atoms with Crippen LogP contribution in [0.15, 0.2) is 72.4 Å². The van der Waals surface area contributed by atoms with Crippen molar-refractivity contribution in [1.82, 2.24) is 10.2 Å². The van der Waals surface area contributed by atoms with Gasteiger partial charge in [0.2, 0.25) is 0 Å². The summed E-state index contributed by atoms with van der Waals surface area (Å²) < 4.78 is 22.7. The number of halogens is 1. The second-order valence-electron chi connectivity index (χ2n) is 9.38. The van der Waals surface area contributed by atoms with E-state index < -0.39 is 0 Å². The molecule has 1 unspecified atom stereocenters. The molecule has 4 rings (SSSR count). The fourth-order valence-electron chi connectivity index (χ4n) is 4.04. The molecule has 3 aromatic carbocycles. The van der Waals surface area contributed by atoms with Crippen LogP contribution < -0.4 is 24.3 Å². The minimum Gasteiger partial charge on any atom is -0.497 e. The molecule has 1 amide bonds. The fraction of sp³-hybridized carbons (Fsp3) is 0.300. The second-order valence-corrected chi connectivity index (χ2v) is 9.79. The van der Waals surface area contributed by atoms with Gasteiger partial charge in [-0.2, -0.15) is 0 Å². The van der Waals surface area contributed by atoms with E-state index in [0.717, 1.165) is 22.6 Å². The summed E-state index contributed by atoms with van der Waals surface area (Å²) in [5.74, 6) is 2.42. The van der Waals surface area contributed by atoms with Crippen LogP contribution in [-0.4, -0.2) is 45.2 Å². The van der Waals surface area contributed by atoms with E-state index in [4.69, 9.17) is 30.5 Å². The first kappa shape index (κ1) is 27.2. The molecule has 0 spiro atoms. The number of hydrogen-bond acceptors (Lipinski definition) is 6. The summed E-state index contributed by atoms with van der Waals surface area (Å²) in [4.78, 5) is 15.2. The maximum atomic E-state index is 13.2. The van der Waals surface area contributed by atoms with Crippen LogP contribution in [0.2, 0.25) is 5.02 Å². The van der Waals surface area contributed by atoms with Gasteiger partial charge >= 0.3 is 0 Å². The number of hydrogen-bond donors (Lipinski definition) is 1. The Balaban J connectivity index is 1.54. The molecule has 200 valence electrons. The highest BCUT2D eigenvalue weighted by Gasteiger charge is 2.41. The maximum Gasteiger partial charge on any atom is 0.253 e. The van der Waals surface area contributed by atoms with E-state index in [9.17, 15) is 4.79 Å². The molecular formula is C30H33ClN2O5. The van der Waals surface area contributed by atoms with Gasteiger partial charge in [-0.25, -0.2) is 0 Å². The lowest BCUT2D eigenvalue weighted by Gasteiger charge is -2.16. The van der Waals surface area contributed by atoms with Crippen LogP contribution in [0.5, 0.6) is 23.0 Å². The van der Waals surface area contributed by atoms with Gasteiger partial charge in [0.25, 0.3) is 5.91 Å². The Morgan fingerprint density at radius 1 is 0.895 bits per heavy atom. The lowest BCUT2D eigenvalue weighted by atomic mass is 10.1. The topological polar surface area (TPSA) is 69.3 Å². The molecule has 38 heavy (non-hydrogen) atoms. The van der Waals surface area contributed by atoms with Crippen LogP contribution >= 0.6 is 11.6 Å². The Labute approximate surface area is 228 Å². The lowest BCUT2D eigenvalue weighted by Crippen LogP contribution is -2.27. The van der Waals surface area contributed by atoms with Crippen molar-refractivity contribution < 1.29 is 23.7 Å². The first-order valence-corrected chi connectivity index (χ1v) is 12.7. The number of amides is 1. The average molecular weight is 537 g/mol. The van der Waals surface area contributed by atoms with E-state index in [-0.39, 0.29) is 29.5 Å². The molecule has 1 saturated carbocycles. The van der Waals surface area contributed by atoms with Crippen molar-refractivity contribution in [2.24, 2.45) is 5.92 Å². The number of benzene rings is 3. The first-order chi connectivity index (χ1) is 18.3. The van der Waals surface area contributed by atoms with Crippen LogP contribution in [-0.2, 0) is 13.2 Å². The van der Waals surface area contributed by atoms with Gasteiger partial charge in [0.1, 0.15) is 24.7 Å². The van der Waals surface area contributed by atoms with Crippen molar-refractivity contribution in [1.29, 1.82) is 0 Å². The second kappa shape index (κ2) is 12.1. The van der Waals surface area contributed by atoms with Crippen molar-refractivity contribution in [3.05, 3.63) is 94.1 Å². The number of carbonyl (C=O) groups excluding carboxylic acids is 1. The summed E-state index contributed by atoms with van der Waals surface area (Å²) in [6.45, 7) is 2.66. The molecule has 7 nitrogen and oxygen atoms in total. The highest BCUT2D eigenvalue weighted by molar-refractivity contribution is 6.34. The van der Waals surface area contributed by atoms with E-state index in [1.165, 1.54) is 5.57 Å². The largest absolute Gasteiger partial charge is 0.497 e. The third-order valence-electron chi connectivity index (χ3n) is 6.35. The van der Waals surface area contributed by atoms with Crippen LogP contribution in [0.25, 0.3) is 0 Å². The highest BCUT2D eigenvalue weighted by atomic mass is 35.5. The quantitative estimate of drug-likeness (QED) is 0.338. The van der Waals surface area contributed by atoms with Crippen LogP contribution in [0.4, 0.5) is 0 Å². The Morgan fingerprint density at radius 2 is 1.39 bits per heavy atom. The summed E-state index contributed by atoms with van der Waals surface area (Å²) in [7, 11) is 7.18. The van der Waals surface area contributed by atoms with Gasteiger partial charge in [-0.05, 0) is 47.0 Å². The third kappa shape index (κ3) is 6.72. The standard InChI is InChI=1S/C30H33ClN2O5/c1-19-25(16-33(2)3)29(19)32-30(34)24-14-27(37-17-20-6-10-22(35-4)11-7-20)28(15-26(24)31)38-18-21-8-12-23(36-5)13-9-21/h6-16,19,29H,17-18H2,1-5H3,(H,32,34)/b25-16+/t19?,29-/m1/s1. The summed E-state index contributed by atoms with van der Waals surface area (Å²) in [6.07, 6.45) is 2.04. The molecule has 3 aromatic rings. The van der Waals surface area contributed by atoms with Crippen LogP contribution in [0, 0.1) is 5.92 Å². The smallest absolute Gasteiger partial charge is 0.253 e. The highest BCUT2D eigenvalue weighted by Crippen LogP contribution is 2.39. The van der Waals surface area contributed by atoms with Crippen LogP contribution in [0.1, 0.15) is 28.4 Å². The molecule has 1 fully saturated rings. The van der Waals surface area contributed by atoms with Crippen molar-refractivity contribution in [3.63, 3.8) is 0 Å². The molecule has 1 aliphatic rings. The molecule has 0 aliphatic heterocycles. The normalized spacial score (nSPS) is 17.1. The van der Waals surface area contributed by atoms with Crippen molar-refractivity contribution in [3.8, 4) is 23.0 Å². The van der Waals surface area contributed by atoms with Gasteiger partial charge in [0, 0.05) is 32.3 Å². The average Bonchev–Trinajstić information content (AvgIpc) is 3.51. The minimum atomic E-state index is -0.259. The van der Waals surface area contributed by atoms with E-state index in [1.807, 2.05) is 73.7 Å². The monoisotopic (exact) mass is 536 g/mol. The zero-order valence-corrected chi connectivity index (χ0v) is 23.0. The molecule has 0 saturated heterocycles. The SMILES string of the molecule is COc1ccc(COc2cc(Cl)c(C(=O)N[C@H]3/C(=C/N(C)C)C3C)cc2OCc2ccc(OC)cc2)cc1. The van der Waals surface area contributed by atoms with E-state index in [1.54, 1.807) is 26.4 Å². The Kier molecular flexibility index (Phi) is 8.69. The molecule has 0 heterocycles. The number of methoxy groups -OCH3 is 2. The maximum absolute atomic E-state index is 13.2. The molecule has 0 radical (unpaired) electrons. The Bertz CT molecular complexity index is 1290. The van der Waals surface area contributed by atoms with Gasteiger partial charge in [0.15, 0.2) is 11.5 Å². The Morgan fingerprint density at radius 3 is 1.87 bits per heavy atom. The number of nitrogens with one attached hydrogen (secondary N) is 1. The molecule has 1 aliphatic carbocycles. The zero-order valence-electron chi connectivity index (χ0n) is 22.3. The first-order valence-electron chi connectivity index (χ1n) is 12.3. The number of nitrogens with zero attached hydrogens (tertiary/aromatic N) is 1. The predicted molar refractivity (Wildman–Crippen MR) is 148 cm³/mol. The zero-order chi connectivity index (χ0) is 27.2. The fourth-order valence-corrected chi connectivity index (χ4v) is 4.28. The number of rotatable bonds is 11. The summed E-state index contributed by atoms with van der Waals surface area (Å²) in [5.41, 5.74) is 3.40. The van der Waals surface area contributed by atoms with E-state index in [2.05, 4.69) is 12.2 Å². The third-order valence-corrected chi connectivity index (χ3v) is 6.67. The van der Waals surface area contributed by atoms with Crippen molar-refractivity contribution >= 4 is 17.5 Å². The van der Waals surface area contributed by atoms with Crippen molar-refractivity contribution in [2.45, 2.75) is 26.2 Å². The number of ether oxygens (including phenoxy) is 4. The summed E-state index contributed by atoms with van der Waals surface area (Å²) in [6, 6.07) is 18.5. The molecule has 8 heteroatoms. The molecular weight excluding hydrogens is 504 g/mol. The molecule has 0 bridgehead atoms. The van der Waals surface area contributed by atoms with E-state index in [0.29, 0.717) is 23.7 Å². The van der Waals surface area contributed by atoms with E-state index >= 15 is 0 Å². The predicted octanol–water partition coefficient (Wildman–Crippen LogP) is 5.71.